The first-order chi connectivity index (χ1) is 17.5. The number of para-hydroxylation sites is 1. The average molecular weight is 524 g/mol. The zero-order chi connectivity index (χ0) is 25.2. The molecule has 2 aromatic heterocycles. The van der Waals surface area contributed by atoms with Gasteiger partial charge >= 0.3 is 0 Å². The number of rotatable bonds is 7. The summed E-state index contributed by atoms with van der Waals surface area (Å²) >= 11 is 12.3. The third kappa shape index (κ3) is 4.55. The van der Waals surface area contributed by atoms with Crippen molar-refractivity contribution in [2.45, 2.75) is 19.5 Å². The molecule has 11 heteroatoms. The maximum atomic E-state index is 13.5. The first kappa shape index (κ1) is 23.9. The van der Waals surface area contributed by atoms with Gasteiger partial charge in [0.1, 0.15) is 24.9 Å². The van der Waals surface area contributed by atoms with E-state index in [0.717, 1.165) is 5.69 Å². The van der Waals surface area contributed by atoms with Crippen LogP contribution in [0.25, 0.3) is 16.8 Å². The quantitative estimate of drug-likeness (QED) is 0.337. The third-order valence-corrected chi connectivity index (χ3v) is 6.39. The highest BCUT2D eigenvalue weighted by Crippen LogP contribution is 2.36. The summed E-state index contributed by atoms with van der Waals surface area (Å²) in [4.78, 5) is 15.5. The van der Waals surface area contributed by atoms with E-state index in [2.05, 4.69) is 15.4 Å². The number of hydrogen-bond donors (Lipinski definition) is 0. The fraction of sp³-hybridized carbons (Fsp3) is 0.200. The predicted octanol–water partition coefficient (Wildman–Crippen LogP) is 5.04. The standard InChI is InChI=1S/C25H23Cl2N7O2/c1-3-24(31-15-28-34(16-31)18-7-5-4-6-8-18)32-13-22(36-2)20(12-25(32)35)19-11-17(26)9-10-21(19)33-14-23(27)29-30-33/h4-15,24H,3,16H2,1-2H3. The number of pyridine rings is 1. The van der Waals surface area contributed by atoms with E-state index in [1.165, 1.54) is 4.68 Å². The molecule has 0 amide bonds. The van der Waals surface area contributed by atoms with Crippen LogP contribution in [0.1, 0.15) is 19.5 Å². The lowest BCUT2D eigenvalue weighted by Gasteiger charge is -2.29. The normalized spacial score (nSPS) is 13.9. The van der Waals surface area contributed by atoms with E-state index >= 15 is 0 Å². The molecule has 1 aliphatic rings. The Balaban J connectivity index is 1.53. The summed E-state index contributed by atoms with van der Waals surface area (Å²) in [5, 5.41) is 15.1. The minimum absolute atomic E-state index is 0.188. The van der Waals surface area contributed by atoms with Crippen molar-refractivity contribution in [2.75, 3.05) is 18.8 Å². The van der Waals surface area contributed by atoms with Gasteiger partial charge in [-0.1, -0.05) is 53.5 Å². The van der Waals surface area contributed by atoms with Crippen molar-refractivity contribution in [1.82, 2.24) is 24.5 Å². The Labute approximate surface area is 217 Å². The van der Waals surface area contributed by atoms with Gasteiger partial charge < -0.3 is 9.64 Å². The molecular formula is C25H23Cl2N7O2. The van der Waals surface area contributed by atoms with Gasteiger partial charge in [0.2, 0.25) is 0 Å². The van der Waals surface area contributed by atoms with Gasteiger partial charge in [-0.25, -0.2) is 9.69 Å². The molecule has 0 N–H and O–H groups in total. The molecule has 3 heterocycles. The minimum Gasteiger partial charge on any atom is -0.495 e. The number of halogens is 2. The van der Waals surface area contributed by atoms with E-state index in [1.54, 1.807) is 54.7 Å². The number of methoxy groups -OCH3 is 1. The first-order valence-corrected chi connectivity index (χ1v) is 12.0. The summed E-state index contributed by atoms with van der Waals surface area (Å²) < 4.78 is 8.94. The molecule has 5 rings (SSSR count). The topological polar surface area (TPSA) is 80.8 Å². The Hall–Kier alpha value is -3.82. The van der Waals surface area contributed by atoms with Gasteiger partial charge in [0.25, 0.3) is 5.56 Å². The molecule has 0 aliphatic carbocycles. The van der Waals surface area contributed by atoms with Crippen LogP contribution in [0, 0.1) is 0 Å². The van der Waals surface area contributed by atoms with Crippen LogP contribution in [0.3, 0.4) is 0 Å². The molecule has 36 heavy (non-hydrogen) atoms. The van der Waals surface area contributed by atoms with Gasteiger partial charge in [-0.05, 0) is 36.8 Å². The summed E-state index contributed by atoms with van der Waals surface area (Å²) in [6.45, 7) is 2.55. The maximum absolute atomic E-state index is 13.5. The van der Waals surface area contributed by atoms with Crippen molar-refractivity contribution in [3.63, 3.8) is 0 Å². The number of benzene rings is 2. The summed E-state index contributed by atoms with van der Waals surface area (Å²) in [5.41, 5.74) is 2.70. The molecule has 2 aromatic carbocycles. The summed E-state index contributed by atoms with van der Waals surface area (Å²) in [7, 11) is 1.57. The van der Waals surface area contributed by atoms with Crippen molar-refractivity contribution in [3.8, 4) is 22.6 Å². The second-order valence-corrected chi connectivity index (χ2v) is 8.98. The van der Waals surface area contributed by atoms with Crippen molar-refractivity contribution in [1.29, 1.82) is 0 Å². The lowest BCUT2D eigenvalue weighted by Crippen LogP contribution is -2.38. The van der Waals surface area contributed by atoms with Gasteiger partial charge in [0.05, 0.1) is 30.9 Å². The van der Waals surface area contributed by atoms with Gasteiger partial charge in [-0.15, -0.1) is 5.10 Å². The molecule has 0 saturated heterocycles. The Bertz CT molecular complexity index is 1470. The summed E-state index contributed by atoms with van der Waals surface area (Å²) in [5.74, 6) is 0.513. The molecule has 4 aromatic rings. The molecule has 1 aliphatic heterocycles. The van der Waals surface area contributed by atoms with E-state index in [4.69, 9.17) is 27.9 Å². The van der Waals surface area contributed by atoms with E-state index in [0.29, 0.717) is 40.7 Å². The fourth-order valence-electron chi connectivity index (χ4n) is 4.29. The highest BCUT2D eigenvalue weighted by molar-refractivity contribution is 6.31. The van der Waals surface area contributed by atoms with E-state index < -0.39 is 0 Å². The zero-order valence-electron chi connectivity index (χ0n) is 19.6. The number of nitrogens with zero attached hydrogens (tertiary/aromatic N) is 7. The van der Waals surface area contributed by atoms with E-state index in [-0.39, 0.29) is 16.9 Å². The lowest BCUT2D eigenvalue weighted by atomic mass is 10.0. The highest BCUT2D eigenvalue weighted by atomic mass is 35.5. The summed E-state index contributed by atoms with van der Waals surface area (Å²) in [6.07, 6.45) is 5.49. The molecular weight excluding hydrogens is 501 g/mol. The lowest BCUT2D eigenvalue weighted by molar-refractivity contribution is 0.239. The second kappa shape index (κ2) is 10.0. The van der Waals surface area contributed by atoms with Crippen molar-refractivity contribution in [3.05, 3.63) is 87.5 Å². The van der Waals surface area contributed by atoms with Gasteiger partial charge in [-0.3, -0.25) is 9.36 Å². The molecule has 0 saturated carbocycles. The minimum atomic E-state index is -0.258. The van der Waals surface area contributed by atoms with Crippen LogP contribution in [0.2, 0.25) is 10.2 Å². The Morgan fingerprint density at radius 3 is 2.56 bits per heavy atom. The third-order valence-electron chi connectivity index (χ3n) is 5.98. The highest BCUT2D eigenvalue weighted by Gasteiger charge is 2.26. The van der Waals surface area contributed by atoms with Crippen LogP contribution < -0.4 is 15.3 Å². The predicted molar refractivity (Wildman–Crippen MR) is 141 cm³/mol. The number of ether oxygens (including phenoxy) is 1. The molecule has 0 radical (unpaired) electrons. The number of anilines is 1. The second-order valence-electron chi connectivity index (χ2n) is 8.16. The maximum Gasteiger partial charge on any atom is 0.253 e. The van der Waals surface area contributed by atoms with Gasteiger partial charge in [-0.2, -0.15) is 5.10 Å². The number of aromatic nitrogens is 4. The van der Waals surface area contributed by atoms with Gasteiger partial charge in [0, 0.05) is 22.2 Å². The van der Waals surface area contributed by atoms with Crippen LogP contribution in [-0.2, 0) is 0 Å². The van der Waals surface area contributed by atoms with E-state index in [9.17, 15) is 4.79 Å². The van der Waals surface area contributed by atoms with E-state index in [1.807, 2.05) is 47.2 Å². The largest absolute Gasteiger partial charge is 0.495 e. The molecule has 1 atom stereocenters. The molecule has 0 spiro atoms. The molecule has 9 nitrogen and oxygen atoms in total. The molecule has 1 unspecified atom stereocenters. The molecule has 184 valence electrons. The fourth-order valence-corrected chi connectivity index (χ4v) is 4.58. The van der Waals surface area contributed by atoms with Crippen LogP contribution in [0.15, 0.2) is 76.9 Å². The Morgan fingerprint density at radius 1 is 1.06 bits per heavy atom. The SMILES string of the molecule is CCC(N1C=NN(c2ccccc2)C1)n1cc(OC)c(-c2cc(Cl)ccc2-n2cc(Cl)nn2)cc1=O. The molecule has 0 bridgehead atoms. The van der Waals surface area contributed by atoms with Crippen molar-refractivity contribution in [2.24, 2.45) is 5.10 Å². The van der Waals surface area contributed by atoms with Crippen LogP contribution in [0.4, 0.5) is 5.69 Å². The Kier molecular flexibility index (Phi) is 6.67. The summed E-state index contributed by atoms with van der Waals surface area (Å²) in [6, 6.07) is 16.7. The van der Waals surface area contributed by atoms with Crippen LogP contribution in [-0.4, -0.2) is 44.6 Å². The monoisotopic (exact) mass is 523 g/mol. The van der Waals surface area contributed by atoms with Crippen LogP contribution >= 0.6 is 23.2 Å². The Morgan fingerprint density at radius 2 is 1.86 bits per heavy atom. The van der Waals surface area contributed by atoms with Crippen molar-refractivity contribution < 1.29 is 4.74 Å². The van der Waals surface area contributed by atoms with Crippen LogP contribution in [0.5, 0.6) is 5.75 Å². The number of hydrazone groups is 1. The zero-order valence-corrected chi connectivity index (χ0v) is 21.1. The average Bonchev–Trinajstić information content (AvgIpc) is 3.55. The smallest absolute Gasteiger partial charge is 0.253 e. The van der Waals surface area contributed by atoms with Crippen molar-refractivity contribution >= 4 is 35.2 Å². The number of hydrogen-bond acceptors (Lipinski definition) is 7. The first-order valence-electron chi connectivity index (χ1n) is 11.3. The molecule has 0 fully saturated rings. The van der Waals surface area contributed by atoms with Gasteiger partial charge in [0.15, 0.2) is 5.15 Å².